The molecule has 2 aromatic rings. The van der Waals surface area contributed by atoms with E-state index in [0.29, 0.717) is 55.0 Å². The minimum Gasteiger partial charge on any atom is -0.379 e. The number of fused-ring (bicyclic) bond motifs is 2. The Hall–Kier alpha value is -2.42. The number of carbonyl (C=O) groups is 1. The molecule has 0 bridgehead atoms. The molecule has 5 rings (SSSR count). The minimum absolute atomic E-state index is 0.200. The fourth-order valence-electron chi connectivity index (χ4n) is 5.06. The number of aromatic nitrogens is 1. The van der Waals surface area contributed by atoms with Crippen LogP contribution in [0.25, 0.3) is 11.6 Å². The molecular formula is C24H29N3O4S. The van der Waals surface area contributed by atoms with Crippen LogP contribution < -0.4 is 5.32 Å². The normalized spacial score (nSPS) is 22.8. The van der Waals surface area contributed by atoms with Crippen LogP contribution in [0.5, 0.6) is 0 Å². The lowest BCUT2D eigenvalue weighted by Crippen LogP contribution is -2.40. The first-order valence-electron chi connectivity index (χ1n) is 11.3. The van der Waals surface area contributed by atoms with Gasteiger partial charge >= 0.3 is 0 Å². The fraction of sp³-hybridized carbons (Fsp3) is 0.458. The summed E-state index contributed by atoms with van der Waals surface area (Å²) in [6.45, 7) is 5.97. The average molecular weight is 456 g/mol. The molecule has 0 spiro atoms. The maximum Gasteiger partial charge on any atom is 0.256 e. The molecule has 2 aliphatic heterocycles. The molecule has 1 unspecified atom stereocenters. The summed E-state index contributed by atoms with van der Waals surface area (Å²) >= 11 is 0. The van der Waals surface area contributed by atoms with Crippen LogP contribution in [0.4, 0.5) is 5.69 Å². The number of aromatic amines is 1. The number of carbonyl (C=O) groups excluding carboxylic acids is 1. The predicted molar refractivity (Wildman–Crippen MR) is 124 cm³/mol. The lowest BCUT2D eigenvalue weighted by molar-refractivity contribution is -0.110. The number of rotatable bonds is 4. The van der Waals surface area contributed by atoms with E-state index in [4.69, 9.17) is 4.74 Å². The zero-order chi connectivity index (χ0) is 22.5. The van der Waals surface area contributed by atoms with Gasteiger partial charge in [0.05, 0.1) is 23.7 Å². The summed E-state index contributed by atoms with van der Waals surface area (Å²) in [5.74, 6) is 0.875. The van der Waals surface area contributed by atoms with Crippen molar-refractivity contribution in [1.29, 1.82) is 0 Å². The summed E-state index contributed by atoms with van der Waals surface area (Å²) in [5, 5.41) is 2.87. The summed E-state index contributed by atoms with van der Waals surface area (Å²) in [7, 11) is -3.64. The van der Waals surface area contributed by atoms with Crippen molar-refractivity contribution >= 4 is 33.3 Å². The quantitative estimate of drug-likeness (QED) is 0.689. The molecule has 1 aromatic carbocycles. The molecular weight excluding hydrogens is 426 g/mol. The number of sulfonamides is 1. The summed E-state index contributed by atoms with van der Waals surface area (Å²) in [4.78, 5) is 16.4. The third kappa shape index (κ3) is 3.70. The van der Waals surface area contributed by atoms with Gasteiger partial charge in [0.2, 0.25) is 10.0 Å². The summed E-state index contributed by atoms with van der Waals surface area (Å²) in [5.41, 5.74) is 5.24. The molecule has 1 fully saturated rings. The van der Waals surface area contributed by atoms with Crippen LogP contribution in [0.2, 0.25) is 0 Å². The molecule has 1 saturated heterocycles. The molecule has 1 amide bonds. The van der Waals surface area contributed by atoms with Gasteiger partial charge in [-0.1, -0.05) is 13.8 Å². The lowest BCUT2D eigenvalue weighted by Gasteiger charge is -2.26. The van der Waals surface area contributed by atoms with Crippen molar-refractivity contribution in [1.82, 2.24) is 9.29 Å². The van der Waals surface area contributed by atoms with Crippen LogP contribution in [0, 0.1) is 5.92 Å². The van der Waals surface area contributed by atoms with E-state index >= 15 is 0 Å². The Morgan fingerprint density at radius 2 is 1.97 bits per heavy atom. The van der Waals surface area contributed by atoms with Gasteiger partial charge in [-0.15, -0.1) is 0 Å². The molecule has 1 aromatic heterocycles. The number of hydrogen-bond acceptors (Lipinski definition) is 4. The number of aryl methyl sites for hydroxylation is 1. The summed E-state index contributed by atoms with van der Waals surface area (Å²) < 4.78 is 32.9. The summed E-state index contributed by atoms with van der Waals surface area (Å²) in [6, 6.07) is 7.01. The lowest BCUT2D eigenvalue weighted by atomic mass is 9.80. The summed E-state index contributed by atoms with van der Waals surface area (Å²) in [6.07, 6.45) is 5.22. The van der Waals surface area contributed by atoms with Gasteiger partial charge in [-0.25, -0.2) is 8.42 Å². The number of nitrogens with one attached hydrogen (secondary N) is 2. The van der Waals surface area contributed by atoms with Gasteiger partial charge in [0.15, 0.2) is 0 Å². The van der Waals surface area contributed by atoms with E-state index in [0.717, 1.165) is 12.1 Å². The van der Waals surface area contributed by atoms with Crippen molar-refractivity contribution in [2.24, 2.45) is 5.92 Å². The number of ether oxygens (including phenoxy) is 1. The first kappa shape index (κ1) is 21.4. The van der Waals surface area contributed by atoms with Crippen molar-refractivity contribution in [3.05, 3.63) is 46.8 Å². The highest BCUT2D eigenvalue weighted by atomic mass is 32.2. The Labute approximate surface area is 188 Å². The zero-order valence-electron chi connectivity index (χ0n) is 18.5. The second-order valence-corrected chi connectivity index (χ2v) is 11.1. The molecule has 1 atom stereocenters. The average Bonchev–Trinajstić information content (AvgIpc) is 3.34. The Kier molecular flexibility index (Phi) is 5.47. The van der Waals surface area contributed by atoms with E-state index < -0.39 is 10.0 Å². The Bertz CT molecular complexity index is 1190. The standard InChI is InChI=1S/C24H29N3O4S/c1-15(2)18-4-3-5-22-19(18)12-16(25-22)13-21-20-14-17(6-7-23(20)26-24(21)28)32(29,30)27-8-10-31-11-9-27/h6-7,12-15,18,25H,3-5,8-11H2,1-2H3,(H,26,28). The van der Waals surface area contributed by atoms with E-state index in [2.05, 4.69) is 30.2 Å². The van der Waals surface area contributed by atoms with Crippen molar-refractivity contribution in [3.8, 4) is 0 Å². The molecule has 7 nitrogen and oxygen atoms in total. The smallest absolute Gasteiger partial charge is 0.256 e. The van der Waals surface area contributed by atoms with Crippen LogP contribution in [0.1, 0.15) is 55.1 Å². The van der Waals surface area contributed by atoms with E-state index in [1.165, 1.54) is 28.4 Å². The number of benzene rings is 1. The van der Waals surface area contributed by atoms with Gasteiger partial charge in [0.25, 0.3) is 5.91 Å². The molecule has 0 radical (unpaired) electrons. The number of anilines is 1. The van der Waals surface area contributed by atoms with Crippen LogP contribution in [0.3, 0.4) is 0 Å². The highest BCUT2D eigenvalue weighted by Gasteiger charge is 2.31. The SMILES string of the molecule is CC(C)C1CCCc2[nH]c(C=C3C(=O)Nc4ccc(S(=O)(=O)N5CCOCC5)cc43)cc21. The topological polar surface area (TPSA) is 91.5 Å². The Morgan fingerprint density at radius 1 is 1.19 bits per heavy atom. The van der Waals surface area contributed by atoms with E-state index in [1.54, 1.807) is 18.2 Å². The van der Waals surface area contributed by atoms with E-state index in [1.807, 2.05) is 6.08 Å². The van der Waals surface area contributed by atoms with Crippen molar-refractivity contribution in [3.63, 3.8) is 0 Å². The Morgan fingerprint density at radius 3 is 2.72 bits per heavy atom. The Balaban J connectivity index is 1.51. The van der Waals surface area contributed by atoms with Gasteiger partial charge in [0.1, 0.15) is 0 Å². The first-order valence-corrected chi connectivity index (χ1v) is 12.8. The molecule has 0 saturated carbocycles. The van der Waals surface area contributed by atoms with Gasteiger partial charge < -0.3 is 15.0 Å². The fourth-order valence-corrected chi connectivity index (χ4v) is 6.50. The third-order valence-electron chi connectivity index (χ3n) is 6.78. The number of hydrogen-bond donors (Lipinski definition) is 2. The highest BCUT2D eigenvalue weighted by molar-refractivity contribution is 7.89. The molecule has 8 heteroatoms. The van der Waals surface area contributed by atoms with Crippen molar-refractivity contribution < 1.29 is 17.9 Å². The molecule has 1 aliphatic carbocycles. The maximum atomic E-state index is 13.1. The monoisotopic (exact) mass is 455 g/mol. The second kappa shape index (κ2) is 8.17. The first-order chi connectivity index (χ1) is 15.3. The van der Waals surface area contributed by atoms with Gasteiger partial charge in [-0.3, -0.25) is 4.79 Å². The largest absolute Gasteiger partial charge is 0.379 e. The minimum atomic E-state index is -3.64. The number of nitrogens with zero attached hydrogens (tertiary/aromatic N) is 1. The highest BCUT2D eigenvalue weighted by Crippen LogP contribution is 2.39. The predicted octanol–water partition coefficient (Wildman–Crippen LogP) is 3.60. The van der Waals surface area contributed by atoms with E-state index in [-0.39, 0.29) is 10.8 Å². The van der Waals surface area contributed by atoms with Gasteiger partial charge in [-0.2, -0.15) is 4.31 Å². The zero-order valence-corrected chi connectivity index (χ0v) is 19.3. The van der Waals surface area contributed by atoms with Gasteiger partial charge in [0, 0.05) is 35.7 Å². The third-order valence-corrected chi connectivity index (χ3v) is 8.68. The van der Waals surface area contributed by atoms with Gasteiger partial charge in [-0.05, 0) is 67.0 Å². The van der Waals surface area contributed by atoms with E-state index in [9.17, 15) is 13.2 Å². The maximum absolute atomic E-state index is 13.1. The molecule has 32 heavy (non-hydrogen) atoms. The van der Waals surface area contributed by atoms with Crippen molar-refractivity contribution in [2.45, 2.75) is 43.9 Å². The molecule has 3 heterocycles. The van der Waals surface area contributed by atoms with Crippen LogP contribution >= 0.6 is 0 Å². The van der Waals surface area contributed by atoms with Crippen molar-refractivity contribution in [2.75, 3.05) is 31.6 Å². The number of amides is 1. The number of morpholine rings is 1. The second-order valence-electron chi connectivity index (χ2n) is 9.14. The van der Waals surface area contributed by atoms with Crippen LogP contribution in [0.15, 0.2) is 29.2 Å². The molecule has 2 N–H and O–H groups in total. The number of H-pyrrole nitrogens is 1. The molecule has 170 valence electrons. The van der Waals surface area contributed by atoms with Crippen LogP contribution in [-0.4, -0.2) is 49.9 Å². The van der Waals surface area contributed by atoms with Crippen LogP contribution in [-0.2, 0) is 26.0 Å². The molecule has 3 aliphatic rings.